The maximum absolute atomic E-state index is 12.7. The Balaban J connectivity index is 1.35. The van der Waals surface area contributed by atoms with E-state index in [1.807, 2.05) is 30.6 Å². The first-order chi connectivity index (χ1) is 14.7. The van der Waals surface area contributed by atoms with E-state index in [4.69, 9.17) is 0 Å². The van der Waals surface area contributed by atoms with Gasteiger partial charge in [-0.1, -0.05) is 72.3 Å². The van der Waals surface area contributed by atoms with Gasteiger partial charge in [-0.3, -0.25) is 9.78 Å². The number of nitrogens with zero attached hydrogens (tertiary/aromatic N) is 1. The lowest BCUT2D eigenvalue weighted by atomic mass is 9.95. The van der Waals surface area contributed by atoms with Gasteiger partial charge in [0.15, 0.2) is 0 Å². The highest BCUT2D eigenvalue weighted by atomic mass is 16.2. The Kier molecular flexibility index (Phi) is 4.80. The van der Waals surface area contributed by atoms with Gasteiger partial charge >= 0.3 is 0 Å². The largest absolute Gasteiger partial charge is 0.352 e. The van der Waals surface area contributed by atoms with Gasteiger partial charge in [0.25, 0.3) is 0 Å². The summed E-state index contributed by atoms with van der Waals surface area (Å²) in [6.45, 7) is 2.62. The number of hydrogen-bond donors (Lipinski definition) is 1. The molecular weight excluding hydrogens is 368 g/mol. The van der Waals surface area contributed by atoms with Gasteiger partial charge in [-0.05, 0) is 53.0 Å². The van der Waals surface area contributed by atoms with Crippen LogP contribution < -0.4 is 5.32 Å². The van der Waals surface area contributed by atoms with Gasteiger partial charge in [0.2, 0.25) is 5.91 Å². The molecule has 0 bridgehead atoms. The van der Waals surface area contributed by atoms with Gasteiger partial charge in [0.1, 0.15) is 0 Å². The zero-order valence-corrected chi connectivity index (χ0v) is 17.0. The molecule has 1 saturated carbocycles. The average molecular weight is 393 g/mol. The molecule has 0 aliphatic heterocycles. The molecule has 2 atom stereocenters. The first-order valence-corrected chi connectivity index (χ1v) is 10.5. The third kappa shape index (κ3) is 3.59. The SMILES string of the molecule is Cc1ccc(-c2ccc(CNC(=O)[C@H]3C[C@H]3c3ccccc3)c3cnccc23)cc1. The number of amides is 1. The smallest absolute Gasteiger partial charge is 0.224 e. The Hall–Kier alpha value is -3.46. The Morgan fingerprint density at radius 3 is 2.57 bits per heavy atom. The number of pyridine rings is 1. The second-order valence-electron chi connectivity index (χ2n) is 8.14. The van der Waals surface area contributed by atoms with Crippen molar-refractivity contribution >= 4 is 16.7 Å². The maximum atomic E-state index is 12.7. The summed E-state index contributed by atoms with van der Waals surface area (Å²) in [6.07, 6.45) is 4.67. The number of nitrogens with one attached hydrogen (secondary N) is 1. The van der Waals surface area contributed by atoms with Crippen molar-refractivity contribution < 1.29 is 4.79 Å². The molecule has 1 N–H and O–H groups in total. The third-order valence-corrected chi connectivity index (χ3v) is 6.08. The van der Waals surface area contributed by atoms with Crippen LogP contribution in [0, 0.1) is 12.8 Å². The van der Waals surface area contributed by atoms with Crippen molar-refractivity contribution in [3.8, 4) is 11.1 Å². The molecule has 1 amide bonds. The minimum absolute atomic E-state index is 0.0867. The zero-order valence-electron chi connectivity index (χ0n) is 17.0. The van der Waals surface area contributed by atoms with Crippen LogP contribution >= 0.6 is 0 Å². The fourth-order valence-corrected chi connectivity index (χ4v) is 4.25. The summed E-state index contributed by atoms with van der Waals surface area (Å²) >= 11 is 0. The summed E-state index contributed by atoms with van der Waals surface area (Å²) in [4.78, 5) is 17.0. The number of benzene rings is 3. The Labute approximate surface area is 176 Å². The molecule has 30 heavy (non-hydrogen) atoms. The summed E-state index contributed by atoms with van der Waals surface area (Å²) < 4.78 is 0. The molecule has 1 aromatic heterocycles. The van der Waals surface area contributed by atoms with Crippen LogP contribution in [0.15, 0.2) is 85.2 Å². The van der Waals surface area contributed by atoms with Gasteiger partial charge in [-0.25, -0.2) is 0 Å². The summed E-state index contributed by atoms with van der Waals surface area (Å²) in [6, 6.07) is 25.2. The monoisotopic (exact) mass is 392 g/mol. The quantitative estimate of drug-likeness (QED) is 0.478. The summed E-state index contributed by atoms with van der Waals surface area (Å²) in [5.41, 5.74) is 5.98. The highest BCUT2D eigenvalue weighted by Gasteiger charge is 2.43. The van der Waals surface area contributed by atoms with E-state index in [0.29, 0.717) is 12.5 Å². The minimum atomic E-state index is 0.0867. The highest BCUT2D eigenvalue weighted by Crippen LogP contribution is 2.47. The van der Waals surface area contributed by atoms with Gasteiger partial charge in [0.05, 0.1) is 0 Å². The summed E-state index contributed by atoms with van der Waals surface area (Å²) in [5, 5.41) is 5.40. The summed E-state index contributed by atoms with van der Waals surface area (Å²) in [7, 11) is 0. The molecule has 3 aromatic carbocycles. The molecule has 1 aliphatic carbocycles. The van der Waals surface area contributed by atoms with E-state index in [9.17, 15) is 4.79 Å². The van der Waals surface area contributed by atoms with E-state index in [-0.39, 0.29) is 11.8 Å². The minimum Gasteiger partial charge on any atom is -0.352 e. The molecule has 5 rings (SSSR count). The third-order valence-electron chi connectivity index (χ3n) is 6.08. The molecule has 0 spiro atoms. The number of hydrogen-bond acceptors (Lipinski definition) is 2. The highest BCUT2D eigenvalue weighted by molar-refractivity contribution is 5.98. The van der Waals surface area contributed by atoms with Gasteiger partial charge in [-0.15, -0.1) is 0 Å². The van der Waals surface area contributed by atoms with Crippen LogP contribution in [0.3, 0.4) is 0 Å². The average Bonchev–Trinajstić information content (AvgIpc) is 3.60. The van der Waals surface area contributed by atoms with Gasteiger partial charge < -0.3 is 5.32 Å². The van der Waals surface area contributed by atoms with Crippen molar-refractivity contribution in [3.63, 3.8) is 0 Å². The van der Waals surface area contributed by atoms with E-state index < -0.39 is 0 Å². The van der Waals surface area contributed by atoms with Crippen molar-refractivity contribution in [3.05, 3.63) is 102 Å². The number of carbonyl (C=O) groups excluding carboxylic acids is 1. The molecule has 3 heteroatoms. The molecule has 0 unspecified atom stereocenters. The first-order valence-electron chi connectivity index (χ1n) is 10.5. The number of carbonyl (C=O) groups is 1. The molecule has 1 fully saturated rings. The molecule has 4 aromatic rings. The second kappa shape index (κ2) is 7.75. The normalized spacial score (nSPS) is 17.6. The van der Waals surface area contributed by atoms with Crippen LogP contribution in [-0.4, -0.2) is 10.9 Å². The maximum Gasteiger partial charge on any atom is 0.224 e. The number of rotatable bonds is 5. The molecular formula is C27H24N2O. The molecule has 0 radical (unpaired) electrons. The molecule has 148 valence electrons. The number of aryl methyl sites for hydroxylation is 1. The predicted octanol–water partition coefficient (Wildman–Crippen LogP) is 5.63. The Bertz CT molecular complexity index is 1200. The Morgan fingerprint density at radius 1 is 0.967 bits per heavy atom. The van der Waals surface area contributed by atoms with Gasteiger partial charge in [0, 0.05) is 30.2 Å². The van der Waals surface area contributed by atoms with Crippen LogP contribution in [-0.2, 0) is 11.3 Å². The second-order valence-corrected chi connectivity index (χ2v) is 8.14. The van der Waals surface area contributed by atoms with E-state index >= 15 is 0 Å². The zero-order chi connectivity index (χ0) is 20.5. The van der Waals surface area contributed by atoms with Crippen LogP contribution in [0.5, 0.6) is 0 Å². The van der Waals surface area contributed by atoms with Crippen LogP contribution in [0.2, 0.25) is 0 Å². The fraction of sp³-hybridized carbons (Fsp3) is 0.185. The number of fused-ring (bicyclic) bond motifs is 1. The lowest BCUT2D eigenvalue weighted by molar-refractivity contribution is -0.122. The van der Waals surface area contributed by atoms with Crippen molar-refractivity contribution in [2.75, 3.05) is 0 Å². The van der Waals surface area contributed by atoms with E-state index in [1.54, 1.807) is 0 Å². The molecule has 1 heterocycles. The van der Waals surface area contributed by atoms with E-state index in [2.05, 4.69) is 71.8 Å². The Morgan fingerprint density at radius 2 is 1.77 bits per heavy atom. The number of aromatic nitrogens is 1. The standard InChI is InChI=1S/C27H24N2O/c1-18-7-9-20(10-8-18)22-12-11-21(26-17-28-14-13-23(22)26)16-29-27(30)25-15-24(25)19-5-3-2-4-6-19/h2-14,17,24-25H,15-16H2,1H3,(H,29,30)/t24-,25-/m0/s1. The van der Waals surface area contributed by atoms with Crippen molar-refractivity contribution in [1.82, 2.24) is 10.3 Å². The lowest BCUT2D eigenvalue weighted by Crippen LogP contribution is -2.25. The van der Waals surface area contributed by atoms with E-state index in [1.165, 1.54) is 22.3 Å². The van der Waals surface area contributed by atoms with Crippen LogP contribution in [0.25, 0.3) is 21.9 Å². The topological polar surface area (TPSA) is 42.0 Å². The van der Waals surface area contributed by atoms with Gasteiger partial charge in [-0.2, -0.15) is 0 Å². The van der Waals surface area contributed by atoms with Crippen molar-refractivity contribution in [1.29, 1.82) is 0 Å². The van der Waals surface area contributed by atoms with E-state index in [0.717, 1.165) is 22.8 Å². The van der Waals surface area contributed by atoms with Crippen LogP contribution in [0.4, 0.5) is 0 Å². The predicted molar refractivity (Wildman–Crippen MR) is 121 cm³/mol. The summed E-state index contributed by atoms with van der Waals surface area (Å²) in [5.74, 6) is 0.584. The lowest BCUT2D eigenvalue weighted by Gasteiger charge is -2.12. The van der Waals surface area contributed by atoms with Crippen LogP contribution in [0.1, 0.15) is 29.0 Å². The van der Waals surface area contributed by atoms with Crippen molar-refractivity contribution in [2.45, 2.75) is 25.8 Å². The van der Waals surface area contributed by atoms with Crippen molar-refractivity contribution in [2.24, 2.45) is 5.92 Å². The molecule has 3 nitrogen and oxygen atoms in total. The molecule has 1 aliphatic rings. The molecule has 0 saturated heterocycles. The fourth-order valence-electron chi connectivity index (χ4n) is 4.25. The first kappa shape index (κ1) is 18.6.